The minimum Gasteiger partial charge on any atom is -0.495 e. The molecular formula is C20H22N4O7S2. The third-order valence-corrected chi connectivity index (χ3v) is 7.16. The first-order valence-electron chi connectivity index (χ1n) is 9.70. The van der Waals surface area contributed by atoms with Gasteiger partial charge in [0.15, 0.2) is 0 Å². The van der Waals surface area contributed by atoms with E-state index in [9.17, 15) is 28.1 Å². The van der Waals surface area contributed by atoms with Crippen molar-refractivity contribution in [3.8, 4) is 5.75 Å². The van der Waals surface area contributed by atoms with Crippen LogP contribution in [-0.4, -0.2) is 43.2 Å². The number of aryl methyl sites for hydroxylation is 1. The zero-order chi connectivity index (χ0) is 24.5. The van der Waals surface area contributed by atoms with Gasteiger partial charge in [-0.05, 0) is 30.7 Å². The molecule has 1 amide bonds. The fourth-order valence-electron chi connectivity index (χ4n) is 3.44. The van der Waals surface area contributed by atoms with E-state index in [4.69, 9.17) is 4.74 Å². The monoisotopic (exact) mass is 494 g/mol. The van der Waals surface area contributed by atoms with Gasteiger partial charge in [-0.15, -0.1) is 0 Å². The molecule has 2 aromatic carbocycles. The van der Waals surface area contributed by atoms with Crippen molar-refractivity contribution in [1.82, 2.24) is 4.57 Å². The van der Waals surface area contributed by atoms with E-state index in [0.717, 1.165) is 28.0 Å². The second-order valence-corrected chi connectivity index (χ2v) is 10.0. The number of carbonyl (C=O) groups excluding carboxylic acids is 1. The Morgan fingerprint density at radius 3 is 2.58 bits per heavy atom. The van der Waals surface area contributed by atoms with Crippen LogP contribution in [0.4, 0.5) is 17.1 Å². The van der Waals surface area contributed by atoms with Crippen LogP contribution in [0.15, 0.2) is 41.2 Å². The number of amides is 1. The molecule has 176 valence electrons. The van der Waals surface area contributed by atoms with E-state index < -0.39 is 26.9 Å². The number of fused-ring (bicyclic) bond motifs is 1. The number of carbonyl (C=O) groups is 1. The zero-order valence-electron chi connectivity index (χ0n) is 18.3. The number of hydrogen-bond donors (Lipinski definition) is 1. The van der Waals surface area contributed by atoms with Crippen molar-refractivity contribution in [1.29, 1.82) is 0 Å². The van der Waals surface area contributed by atoms with Gasteiger partial charge in [-0.25, -0.2) is 8.42 Å². The Morgan fingerprint density at radius 2 is 2.00 bits per heavy atom. The van der Waals surface area contributed by atoms with E-state index in [2.05, 4.69) is 5.32 Å². The number of aromatic nitrogens is 1. The maximum Gasteiger partial charge on any atom is 0.307 e. The number of hydrogen-bond acceptors (Lipinski definition) is 8. The molecule has 1 aromatic heterocycles. The number of rotatable bonds is 8. The highest BCUT2D eigenvalue weighted by Crippen LogP contribution is 2.36. The number of non-ortho nitro benzene ring substituents is 1. The van der Waals surface area contributed by atoms with Crippen molar-refractivity contribution in [2.75, 3.05) is 23.0 Å². The van der Waals surface area contributed by atoms with Crippen LogP contribution in [0.1, 0.15) is 13.3 Å². The molecule has 3 aromatic rings. The van der Waals surface area contributed by atoms with Gasteiger partial charge in [-0.1, -0.05) is 18.3 Å². The lowest BCUT2D eigenvalue weighted by atomic mass is 10.1. The van der Waals surface area contributed by atoms with E-state index in [0.29, 0.717) is 15.9 Å². The first-order valence-corrected chi connectivity index (χ1v) is 12.4. The topological polar surface area (TPSA) is 141 Å². The van der Waals surface area contributed by atoms with Crippen LogP contribution in [0.3, 0.4) is 0 Å². The summed E-state index contributed by atoms with van der Waals surface area (Å²) in [5.41, 5.74) is 0.619. The van der Waals surface area contributed by atoms with Crippen LogP contribution in [0.25, 0.3) is 10.2 Å². The van der Waals surface area contributed by atoms with Crippen LogP contribution in [0, 0.1) is 10.1 Å². The number of thiazole rings is 1. The second kappa shape index (κ2) is 9.19. The summed E-state index contributed by atoms with van der Waals surface area (Å²) >= 11 is 1.02. The molecule has 0 aliphatic heterocycles. The SMILES string of the molecule is CC[C@@H](C(=O)Nc1ccc2c(c1)sc(=O)n2C)N(c1cc([N+](=O)[O-])ccc1OC)S(C)(=O)=O. The van der Waals surface area contributed by atoms with Gasteiger partial charge in [0.2, 0.25) is 15.9 Å². The molecule has 1 heterocycles. The Labute approximate surface area is 193 Å². The third-order valence-electron chi connectivity index (χ3n) is 5.00. The van der Waals surface area contributed by atoms with Gasteiger partial charge in [0.1, 0.15) is 17.5 Å². The van der Waals surface area contributed by atoms with Gasteiger partial charge in [-0.3, -0.25) is 24.0 Å². The summed E-state index contributed by atoms with van der Waals surface area (Å²) in [6.07, 6.45) is 0.986. The van der Waals surface area contributed by atoms with Crippen molar-refractivity contribution < 1.29 is 22.9 Å². The number of nitro groups is 1. The molecule has 0 radical (unpaired) electrons. The number of nitrogens with zero attached hydrogens (tertiary/aromatic N) is 3. The molecule has 0 saturated carbocycles. The second-order valence-electron chi connectivity index (χ2n) is 7.19. The Balaban J connectivity index is 2.04. The van der Waals surface area contributed by atoms with E-state index in [1.54, 1.807) is 32.2 Å². The molecule has 11 nitrogen and oxygen atoms in total. The minimum absolute atomic E-state index is 0.0627. The van der Waals surface area contributed by atoms with E-state index >= 15 is 0 Å². The van der Waals surface area contributed by atoms with E-state index in [1.807, 2.05) is 0 Å². The van der Waals surface area contributed by atoms with Crippen molar-refractivity contribution in [2.24, 2.45) is 7.05 Å². The van der Waals surface area contributed by atoms with Gasteiger partial charge in [0.05, 0.1) is 28.5 Å². The number of methoxy groups -OCH3 is 1. The Kier molecular flexibility index (Phi) is 6.74. The van der Waals surface area contributed by atoms with Crippen LogP contribution in [-0.2, 0) is 21.9 Å². The molecule has 0 spiro atoms. The molecular weight excluding hydrogens is 472 g/mol. The molecule has 0 aliphatic rings. The first-order chi connectivity index (χ1) is 15.5. The maximum atomic E-state index is 13.2. The minimum atomic E-state index is -4.05. The number of anilines is 2. The maximum absolute atomic E-state index is 13.2. The number of nitro benzene ring substituents is 1. The summed E-state index contributed by atoms with van der Waals surface area (Å²) in [6.45, 7) is 1.62. The lowest BCUT2D eigenvalue weighted by Gasteiger charge is -2.30. The van der Waals surface area contributed by atoms with Crippen LogP contribution >= 0.6 is 11.3 Å². The zero-order valence-corrected chi connectivity index (χ0v) is 19.9. The number of nitrogens with one attached hydrogen (secondary N) is 1. The third kappa shape index (κ3) is 4.83. The van der Waals surface area contributed by atoms with E-state index in [1.165, 1.54) is 23.8 Å². The normalized spacial score (nSPS) is 12.4. The predicted octanol–water partition coefficient (Wildman–Crippen LogP) is 2.70. The van der Waals surface area contributed by atoms with Gasteiger partial charge < -0.3 is 14.6 Å². The molecule has 0 saturated heterocycles. The lowest BCUT2D eigenvalue weighted by molar-refractivity contribution is -0.384. The molecule has 3 rings (SSSR count). The average Bonchev–Trinajstić information content (AvgIpc) is 3.03. The number of ether oxygens (including phenoxy) is 1. The van der Waals surface area contributed by atoms with Crippen molar-refractivity contribution in [2.45, 2.75) is 19.4 Å². The molecule has 1 N–H and O–H groups in total. The Morgan fingerprint density at radius 1 is 1.30 bits per heavy atom. The van der Waals surface area contributed by atoms with Gasteiger partial charge in [0, 0.05) is 24.9 Å². The van der Waals surface area contributed by atoms with Crippen molar-refractivity contribution in [3.05, 3.63) is 56.2 Å². The summed E-state index contributed by atoms with van der Waals surface area (Å²) in [5.74, 6) is -0.577. The summed E-state index contributed by atoms with van der Waals surface area (Å²) < 4.78 is 33.7. The van der Waals surface area contributed by atoms with Crippen LogP contribution in [0.5, 0.6) is 5.75 Å². The largest absolute Gasteiger partial charge is 0.495 e. The highest BCUT2D eigenvalue weighted by Gasteiger charge is 2.34. The predicted molar refractivity (Wildman–Crippen MR) is 127 cm³/mol. The standard InChI is InChI=1S/C20H22N4O7S2/c1-5-14(19(25)21-12-6-8-15-18(10-12)32-20(26)22(15)2)23(33(4,29)30)16-11-13(24(27)28)7-9-17(16)31-3/h6-11,14H,5H2,1-4H3,(H,21,25)/t14-/m0/s1. The fourth-order valence-corrected chi connectivity index (χ4v) is 5.56. The highest BCUT2D eigenvalue weighted by atomic mass is 32.2. The summed E-state index contributed by atoms with van der Waals surface area (Å²) in [4.78, 5) is 35.5. The molecule has 33 heavy (non-hydrogen) atoms. The summed E-state index contributed by atoms with van der Waals surface area (Å²) in [5, 5.41) is 14.0. The number of benzene rings is 2. The molecule has 0 bridgehead atoms. The van der Waals surface area contributed by atoms with Crippen molar-refractivity contribution >= 4 is 54.5 Å². The van der Waals surface area contributed by atoms with Crippen molar-refractivity contribution in [3.63, 3.8) is 0 Å². The molecule has 13 heteroatoms. The van der Waals surface area contributed by atoms with Gasteiger partial charge in [0.25, 0.3) is 5.69 Å². The molecule has 0 aliphatic carbocycles. The first kappa shape index (κ1) is 24.2. The fraction of sp³-hybridized carbons (Fsp3) is 0.300. The Hall–Kier alpha value is -3.45. The summed E-state index contributed by atoms with van der Waals surface area (Å²) in [6, 6.07) is 7.22. The average molecular weight is 495 g/mol. The highest BCUT2D eigenvalue weighted by molar-refractivity contribution is 7.92. The lowest BCUT2D eigenvalue weighted by Crippen LogP contribution is -2.47. The molecule has 0 fully saturated rings. The summed E-state index contributed by atoms with van der Waals surface area (Å²) in [7, 11) is -1.11. The Bertz CT molecular complexity index is 1400. The quantitative estimate of drug-likeness (QED) is 0.375. The van der Waals surface area contributed by atoms with Gasteiger partial charge >= 0.3 is 4.87 Å². The van der Waals surface area contributed by atoms with E-state index in [-0.39, 0.29) is 28.4 Å². The number of sulfonamides is 1. The van der Waals surface area contributed by atoms with Crippen LogP contribution in [0.2, 0.25) is 0 Å². The van der Waals surface area contributed by atoms with Crippen LogP contribution < -0.4 is 19.2 Å². The van der Waals surface area contributed by atoms with Gasteiger partial charge in [-0.2, -0.15) is 0 Å². The molecule has 0 unspecified atom stereocenters. The molecule has 1 atom stereocenters. The smallest absolute Gasteiger partial charge is 0.307 e.